The molecular formula is C30H39ClO3Ti. The van der Waals surface area contributed by atoms with E-state index >= 15 is 0 Å². The summed E-state index contributed by atoms with van der Waals surface area (Å²) in [5.41, 5.74) is 2.87. The van der Waals surface area contributed by atoms with Gasteiger partial charge < -0.3 is 0 Å². The van der Waals surface area contributed by atoms with Crippen LogP contribution >= 0.6 is 9.30 Å². The molecule has 0 unspecified atom stereocenters. The Morgan fingerprint density at radius 2 is 0.714 bits per heavy atom. The average molecular weight is 531 g/mol. The predicted molar refractivity (Wildman–Crippen MR) is 142 cm³/mol. The fraction of sp³-hybridized carbons (Fsp3) is 0.400. The van der Waals surface area contributed by atoms with Crippen LogP contribution in [0.3, 0.4) is 0 Å². The van der Waals surface area contributed by atoms with Crippen molar-refractivity contribution in [1.82, 2.24) is 0 Å². The summed E-state index contributed by atoms with van der Waals surface area (Å²) >= 11 is -4.13. The summed E-state index contributed by atoms with van der Waals surface area (Å²) in [6, 6.07) is 31.0. The van der Waals surface area contributed by atoms with E-state index in [9.17, 15) is 0 Å². The molecule has 35 heavy (non-hydrogen) atoms. The Kier molecular flexibility index (Phi) is 9.42. The van der Waals surface area contributed by atoms with Crippen molar-refractivity contribution in [3.05, 3.63) is 108 Å². The van der Waals surface area contributed by atoms with E-state index in [2.05, 4.69) is 77.9 Å². The van der Waals surface area contributed by atoms with E-state index < -0.39 is 16.7 Å². The van der Waals surface area contributed by atoms with Crippen LogP contribution in [-0.2, 0) is 42.9 Å². The van der Waals surface area contributed by atoms with Gasteiger partial charge in [0.1, 0.15) is 0 Å². The Hall–Kier alpha value is -1.46. The van der Waals surface area contributed by atoms with Gasteiger partial charge in [-0.3, -0.25) is 0 Å². The Bertz CT molecular complexity index is 902. The second-order valence-corrected chi connectivity index (χ2v) is 15.9. The van der Waals surface area contributed by atoms with Gasteiger partial charge in [0.15, 0.2) is 0 Å². The average Bonchev–Trinajstić information content (AvgIpc) is 2.87. The SMILES string of the molecule is CC(C)(C[O][Ti]([Cl])([O]CC(C)(C)c1ccccc1)[O]CC(C)(C)c1ccccc1)c1ccccc1. The molecule has 0 atom stereocenters. The molecule has 0 amide bonds. The normalized spacial score (nSPS) is 13.1. The van der Waals surface area contributed by atoms with Crippen LogP contribution < -0.4 is 0 Å². The zero-order valence-electron chi connectivity index (χ0n) is 21.9. The first-order valence-electron chi connectivity index (χ1n) is 12.2. The number of hydrogen-bond acceptors (Lipinski definition) is 3. The van der Waals surface area contributed by atoms with Crippen LogP contribution in [0.5, 0.6) is 0 Å². The van der Waals surface area contributed by atoms with Gasteiger partial charge >= 0.3 is 221 Å². The zero-order valence-corrected chi connectivity index (χ0v) is 24.2. The van der Waals surface area contributed by atoms with Gasteiger partial charge in [-0.2, -0.15) is 0 Å². The fourth-order valence-electron chi connectivity index (χ4n) is 3.84. The molecule has 0 aliphatic rings. The van der Waals surface area contributed by atoms with Gasteiger partial charge in [-0.05, 0) is 0 Å². The molecule has 0 aromatic heterocycles. The summed E-state index contributed by atoms with van der Waals surface area (Å²) in [6.45, 7) is 14.2. The van der Waals surface area contributed by atoms with Crippen molar-refractivity contribution in [3.8, 4) is 0 Å². The first-order valence-corrected chi connectivity index (χ1v) is 16.3. The van der Waals surface area contributed by atoms with Crippen molar-refractivity contribution in [3.63, 3.8) is 0 Å². The van der Waals surface area contributed by atoms with E-state index in [1.165, 1.54) is 16.7 Å². The predicted octanol–water partition coefficient (Wildman–Crippen LogP) is 8.02. The first kappa shape index (κ1) is 28.1. The molecule has 5 heteroatoms. The van der Waals surface area contributed by atoms with E-state index in [0.717, 1.165) is 0 Å². The van der Waals surface area contributed by atoms with Gasteiger partial charge in [-0.15, -0.1) is 0 Å². The van der Waals surface area contributed by atoms with Crippen LogP contribution in [0.1, 0.15) is 58.2 Å². The summed E-state index contributed by atoms with van der Waals surface area (Å²) in [4.78, 5) is 0. The van der Waals surface area contributed by atoms with Crippen LogP contribution in [0.25, 0.3) is 0 Å². The molecular weight excluding hydrogens is 492 g/mol. The Balaban J connectivity index is 1.77. The summed E-state index contributed by atoms with van der Waals surface area (Å²) in [5.74, 6) is 0. The van der Waals surface area contributed by atoms with Gasteiger partial charge in [-0.1, -0.05) is 0 Å². The minimum atomic E-state index is -4.13. The van der Waals surface area contributed by atoms with Crippen molar-refractivity contribution < 1.29 is 26.6 Å². The van der Waals surface area contributed by atoms with E-state index in [1.807, 2.05) is 54.6 Å². The van der Waals surface area contributed by atoms with Crippen molar-refractivity contribution >= 4 is 9.30 Å². The number of rotatable bonds is 12. The maximum atomic E-state index is 7.14. The van der Waals surface area contributed by atoms with Gasteiger partial charge in [0.05, 0.1) is 0 Å². The second kappa shape index (κ2) is 11.7. The molecule has 0 spiro atoms. The quantitative estimate of drug-likeness (QED) is 0.222. The van der Waals surface area contributed by atoms with Gasteiger partial charge in [-0.25, -0.2) is 0 Å². The van der Waals surface area contributed by atoms with Crippen LogP contribution in [0.2, 0.25) is 0 Å². The molecule has 0 fully saturated rings. The summed E-state index contributed by atoms with van der Waals surface area (Å²) in [6.07, 6.45) is 0. The third kappa shape index (κ3) is 8.02. The molecule has 3 aromatic rings. The van der Waals surface area contributed by atoms with Crippen molar-refractivity contribution in [2.24, 2.45) is 0 Å². The number of hydrogen-bond donors (Lipinski definition) is 0. The monoisotopic (exact) mass is 530 g/mol. The van der Waals surface area contributed by atoms with Crippen LogP contribution in [0.15, 0.2) is 91.0 Å². The molecule has 3 aromatic carbocycles. The number of halogens is 1. The van der Waals surface area contributed by atoms with Gasteiger partial charge in [0.2, 0.25) is 0 Å². The standard InChI is InChI=1S/3C10H13O.ClH.Ti/c3*1-10(2,8-11)9-6-4-3-5-7-9;;/h3*3-7H,8H2,1-2H3;1H;/q3*-1;;+4/p-1. The van der Waals surface area contributed by atoms with Crippen LogP contribution in [0, 0.1) is 0 Å². The van der Waals surface area contributed by atoms with Crippen molar-refractivity contribution in [2.75, 3.05) is 19.8 Å². The first-order chi connectivity index (χ1) is 16.4. The minimum absolute atomic E-state index is 0.233. The maximum absolute atomic E-state index is 7.14. The van der Waals surface area contributed by atoms with Crippen molar-refractivity contribution in [2.45, 2.75) is 57.8 Å². The Morgan fingerprint density at radius 1 is 0.486 bits per heavy atom. The van der Waals surface area contributed by atoms with E-state index in [1.54, 1.807) is 0 Å². The Labute approximate surface area is 220 Å². The molecule has 0 N–H and O–H groups in total. The molecule has 0 radical (unpaired) electrons. The van der Waals surface area contributed by atoms with E-state index in [4.69, 9.17) is 19.3 Å². The summed E-state index contributed by atoms with van der Waals surface area (Å²) in [7, 11) is 7.14. The van der Waals surface area contributed by atoms with E-state index in [0.29, 0.717) is 19.8 Å². The summed E-state index contributed by atoms with van der Waals surface area (Å²) < 4.78 is 19.3. The molecule has 3 nitrogen and oxygen atoms in total. The molecule has 0 saturated carbocycles. The fourth-order valence-corrected chi connectivity index (χ4v) is 7.41. The van der Waals surface area contributed by atoms with E-state index in [-0.39, 0.29) is 16.2 Å². The molecule has 0 aliphatic carbocycles. The number of benzene rings is 3. The molecule has 0 aliphatic heterocycles. The molecule has 0 bridgehead atoms. The van der Waals surface area contributed by atoms with Crippen molar-refractivity contribution in [1.29, 1.82) is 0 Å². The molecule has 188 valence electrons. The second-order valence-electron chi connectivity index (χ2n) is 11.1. The third-order valence-electron chi connectivity index (χ3n) is 6.48. The topological polar surface area (TPSA) is 27.7 Å². The van der Waals surface area contributed by atoms with Crippen LogP contribution in [-0.4, -0.2) is 19.8 Å². The summed E-state index contributed by atoms with van der Waals surface area (Å²) in [5, 5.41) is 0. The zero-order chi connectivity index (χ0) is 25.6. The molecule has 0 heterocycles. The third-order valence-corrected chi connectivity index (χ3v) is 10.1. The van der Waals surface area contributed by atoms with Crippen LogP contribution in [0.4, 0.5) is 0 Å². The van der Waals surface area contributed by atoms with Gasteiger partial charge in [0.25, 0.3) is 0 Å². The molecule has 3 rings (SSSR count). The Morgan fingerprint density at radius 3 is 0.943 bits per heavy atom. The molecule has 0 saturated heterocycles. The van der Waals surface area contributed by atoms with Gasteiger partial charge in [0, 0.05) is 0 Å².